The van der Waals surface area contributed by atoms with Crippen molar-refractivity contribution < 1.29 is 4.79 Å². The third-order valence-electron chi connectivity index (χ3n) is 2.80. The molecular weight excluding hydrogens is 188 g/mol. The first-order valence-electron chi connectivity index (χ1n) is 5.92. The fourth-order valence-electron chi connectivity index (χ4n) is 1.51. The molecule has 0 radical (unpaired) electrons. The summed E-state index contributed by atoms with van der Waals surface area (Å²) in [7, 11) is 0. The molecule has 0 aromatic rings. The summed E-state index contributed by atoms with van der Waals surface area (Å²) in [6.07, 6.45) is 4.36. The highest BCUT2D eigenvalue weighted by Gasteiger charge is 2.26. The molecule has 15 heavy (non-hydrogen) atoms. The zero-order valence-corrected chi connectivity index (χ0v) is 10.2. The molecule has 1 atom stereocenters. The maximum Gasteiger partial charge on any atom is 0.236 e. The molecule has 0 unspecified atom stereocenters. The summed E-state index contributed by atoms with van der Waals surface area (Å²) in [4.78, 5) is 11.6. The second kappa shape index (κ2) is 4.97. The van der Waals surface area contributed by atoms with Crippen molar-refractivity contribution in [2.75, 3.05) is 6.54 Å². The average Bonchev–Trinajstić information content (AvgIpc) is 2.85. The van der Waals surface area contributed by atoms with E-state index in [1.165, 1.54) is 12.8 Å². The lowest BCUT2D eigenvalue weighted by molar-refractivity contribution is -0.122. The van der Waals surface area contributed by atoms with Crippen LogP contribution in [0.5, 0.6) is 0 Å². The number of carbonyl (C=O) groups excluding carboxylic acids is 1. The Hall–Kier alpha value is -0.570. The fourth-order valence-corrected chi connectivity index (χ4v) is 1.51. The van der Waals surface area contributed by atoms with Gasteiger partial charge in [-0.15, -0.1) is 0 Å². The van der Waals surface area contributed by atoms with Gasteiger partial charge < -0.3 is 11.1 Å². The van der Waals surface area contributed by atoms with Gasteiger partial charge in [0.2, 0.25) is 5.91 Å². The zero-order valence-electron chi connectivity index (χ0n) is 10.2. The predicted molar refractivity (Wildman–Crippen MR) is 62.4 cm³/mol. The van der Waals surface area contributed by atoms with Crippen molar-refractivity contribution in [3.63, 3.8) is 0 Å². The molecule has 1 aliphatic rings. The van der Waals surface area contributed by atoms with Crippen molar-refractivity contribution in [1.29, 1.82) is 0 Å². The molecule has 1 rings (SSSR count). The molecule has 0 aromatic carbocycles. The van der Waals surface area contributed by atoms with E-state index in [2.05, 4.69) is 26.1 Å². The standard InChI is InChI=1S/C12H24N2O/c1-12(2,3)6-7-14-11(15)10(13)8-9-4-5-9/h9-10H,4-8,13H2,1-3H3,(H,14,15)/t10-/m0/s1. The normalized spacial score (nSPS) is 18.7. The van der Waals surface area contributed by atoms with Gasteiger partial charge in [-0.2, -0.15) is 0 Å². The number of rotatable bonds is 5. The molecule has 1 amide bonds. The first-order valence-corrected chi connectivity index (χ1v) is 5.92. The average molecular weight is 212 g/mol. The highest BCUT2D eigenvalue weighted by molar-refractivity contribution is 5.81. The zero-order chi connectivity index (χ0) is 11.5. The minimum absolute atomic E-state index is 0.0196. The first-order chi connectivity index (χ1) is 6.88. The molecule has 1 aliphatic carbocycles. The van der Waals surface area contributed by atoms with E-state index in [-0.39, 0.29) is 17.4 Å². The van der Waals surface area contributed by atoms with Crippen molar-refractivity contribution >= 4 is 5.91 Å². The number of carbonyl (C=O) groups is 1. The summed E-state index contributed by atoms with van der Waals surface area (Å²) < 4.78 is 0. The lowest BCUT2D eigenvalue weighted by Gasteiger charge is -2.19. The molecule has 0 saturated heterocycles. The van der Waals surface area contributed by atoms with Crippen molar-refractivity contribution in [2.24, 2.45) is 17.1 Å². The number of hydrogen-bond acceptors (Lipinski definition) is 2. The van der Waals surface area contributed by atoms with E-state index in [4.69, 9.17) is 5.73 Å². The van der Waals surface area contributed by atoms with E-state index in [0.29, 0.717) is 5.92 Å². The Morgan fingerprint density at radius 1 is 1.47 bits per heavy atom. The monoisotopic (exact) mass is 212 g/mol. The third-order valence-corrected chi connectivity index (χ3v) is 2.80. The van der Waals surface area contributed by atoms with Gasteiger partial charge in [-0.1, -0.05) is 33.6 Å². The van der Waals surface area contributed by atoms with E-state index in [0.717, 1.165) is 19.4 Å². The largest absolute Gasteiger partial charge is 0.355 e. The van der Waals surface area contributed by atoms with E-state index in [1.54, 1.807) is 0 Å². The van der Waals surface area contributed by atoms with E-state index in [1.807, 2.05) is 0 Å². The maximum absolute atomic E-state index is 11.6. The minimum atomic E-state index is -0.294. The summed E-state index contributed by atoms with van der Waals surface area (Å²) in [5.41, 5.74) is 6.07. The Kier molecular flexibility index (Phi) is 4.14. The summed E-state index contributed by atoms with van der Waals surface area (Å²) in [5.74, 6) is 0.736. The Bertz CT molecular complexity index is 216. The second-order valence-corrected chi connectivity index (χ2v) is 5.89. The van der Waals surface area contributed by atoms with Gasteiger partial charge in [0.05, 0.1) is 6.04 Å². The van der Waals surface area contributed by atoms with E-state index >= 15 is 0 Å². The van der Waals surface area contributed by atoms with E-state index < -0.39 is 0 Å². The van der Waals surface area contributed by atoms with Gasteiger partial charge in [0, 0.05) is 6.54 Å². The Morgan fingerprint density at radius 2 is 2.07 bits per heavy atom. The van der Waals surface area contributed by atoms with Crippen LogP contribution in [0.4, 0.5) is 0 Å². The first kappa shape index (κ1) is 12.5. The Morgan fingerprint density at radius 3 is 2.53 bits per heavy atom. The second-order valence-electron chi connectivity index (χ2n) is 5.89. The predicted octanol–water partition coefficient (Wildman–Crippen LogP) is 1.67. The van der Waals surface area contributed by atoms with Crippen LogP contribution in [0.15, 0.2) is 0 Å². The lowest BCUT2D eigenvalue weighted by Crippen LogP contribution is -2.41. The van der Waals surface area contributed by atoms with Crippen LogP contribution in [0.3, 0.4) is 0 Å². The third kappa shape index (κ3) is 5.78. The Labute approximate surface area is 92.8 Å². The molecule has 3 N–H and O–H groups in total. The van der Waals surface area contributed by atoms with Gasteiger partial charge in [0.25, 0.3) is 0 Å². The summed E-state index contributed by atoms with van der Waals surface area (Å²) in [5, 5.41) is 2.91. The van der Waals surface area contributed by atoms with Crippen LogP contribution in [0, 0.1) is 11.3 Å². The Balaban J connectivity index is 2.11. The fraction of sp³-hybridized carbons (Fsp3) is 0.917. The molecule has 1 saturated carbocycles. The molecular formula is C12H24N2O. The van der Waals surface area contributed by atoms with Gasteiger partial charge in [-0.25, -0.2) is 0 Å². The van der Waals surface area contributed by atoms with Crippen molar-refractivity contribution in [2.45, 2.75) is 52.5 Å². The summed E-state index contributed by atoms with van der Waals surface area (Å²) in [6.45, 7) is 7.25. The van der Waals surface area contributed by atoms with Crippen molar-refractivity contribution in [3.05, 3.63) is 0 Å². The number of amides is 1. The van der Waals surface area contributed by atoms with Gasteiger partial charge >= 0.3 is 0 Å². The molecule has 88 valence electrons. The van der Waals surface area contributed by atoms with Gasteiger partial charge in [0.15, 0.2) is 0 Å². The van der Waals surface area contributed by atoms with Crippen LogP contribution in [0.1, 0.15) is 46.5 Å². The number of nitrogens with one attached hydrogen (secondary N) is 1. The lowest BCUT2D eigenvalue weighted by atomic mass is 9.92. The number of hydrogen-bond donors (Lipinski definition) is 2. The minimum Gasteiger partial charge on any atom is -0.355 e. The molecule has 0 heterocycles. The maximum atomic E-state index is 11.6. The highest BCUT2D eigenvalue weighted by Crippen LogP contribution is 2.33. The quantitative estimate of drug-likeness (QED) is 0.728. The molecule has 3 heteroatoms. The van der Waals surface area contributed by atoms with Crippen molar-refractivity contribution in [3.8, 4) is 0 Å². The topological polar surface area (TPSA) is 55.1 Å². The molecule has 1 fully saturated rings. The van der Waals surface area contributed by atoms with Gasteiger partial charge in [0.1, 0.15) is 0 Å². The molecule has 0 spiro atoms. The molecule has 0 aromatic heterocycles. The molecule has 0 bridgehead atoms. The van der Waals surface area contributed by atoms with Crippen LogP contribution >= 0.6 is 0 Å². The number of nitrogens with two attached hydrogens (primary N) is 1. The van der Waals surface area contributed by atoms with Crippen LogP contribution in [-0.4, -0.2) is 18.5 Å². The van der Waals surface area contributed by atoms with Crippen LogP contribution in [0.2, 0.25) is 0 Å². The SMILES string of the molecule is CC(C)(C)CCNC(=O)[C@@H](N)CC1CC1. The highest BCUT2D eigenvalue weighted by atomic mass is 16.2. The molecule has 3 nitrogen and oxygen atoms in total. The van der Waals surface area contributed by atoms with Crippen LogP contribution < -0.4 is 11.1 Å². The van der Waals surface area contributed by atoms with Crippen molar-refractivity contribution in [1.82, 2.24) is 5.32 Å². The van der Waals surface area contributed by atoms with Crippen LogP contribution in [-0.2, 0) is 4.79 Å². The van der Waals surface area contributed by atoms with Crippen LogP contribution in [0.25, 0.3) is 0 Å². The smallest absolute Gasteiger partial charge is 0.236 e. The summed E-state index contributed by atoms with van der Waals surface area (Å²) in [6, 6.07) is -0.294. The van der Waals surface area contributed by atoms with Gasteiger partial charge in [-0.3, -0.25) is 4.79 Å². The van der Waals surface area contributed by atoms with E-state index in [9.17, 15) is 4.79 Å². The van der Waals surface area contributed by atoms with Gasteiger partial charge in [-0.05, 0) is 24.2 Å². The molecule has 0 aliphatic heterocycles. The summed E-state index contributed by atoms with van der Waals surface area (Å²) >= 11 is 0.